The Balaban J connectivity index is 1.58. The Hall–Kier alpha value is -2.02. The van der Waals surface area contributed by atoms with E-state index in [1.807, 2.05) is 19.1 Å². The normalized spacial score (nSPS) is 15.0. The van der Waals surface area contributed by atoms with Crippen molar-refractivity contribution in [2.24, 2.45) is 0 Å². The van der Waals surface area contributed by atoms with E-state index < -0.39 is 0 Å². The smallest absolute Gasteiger partial charge is 0.263 e. The predicted molar refractivity (Wildman–Crippen MR) is 119 cm³/mol. The number of rotatable bonds is 7. The third-order valence-electron chi connectivity index (χ3n) is 4.03. The second kappa shape index (κ2) is 9.45. The second-order valence-electron chi connectivity index (χ2n) is 6.35. The van der Waals surface area contributed by atoms with Crippen LogP contribution in [0.4, 0.5) is 0 Å². The highest BCUT2D eigenvalue weighted by molar-refractivity contribution is 8.26. The molecule has 0 atom stereocenters. The topological polar surface area (TPSA) is 47.6 Å². The largest absolute Gasteiger partial charge is 0.493 e. The summed E-state index contributed by atoms with van der Waals surface area (Å²) in [7, 11) is 0. The zero-order valence-electron chi connectivity index (χ0n) is 15.6. The summed E-state index contributed by atoms with van der Waals surface area (Å²) in [6.07, 6.45) is 2.47. The van der Waals surface area contributed by atoms with Crippen molar-refractivity contribution in [2.45, 2.75) is 20.3 Å². The number of carbonyl (C=O) groups is 1. The minimum atomic E-state index is -0.206. The van der Waals surface area contributed by atoms with Gasteiger partial charge in [0.2, 0.25) is 0 Å². The molecule has 0 unspecified atom stereocenters. The predicted octanol–water partition coefficient (Wildman–Crippen LogP) is 5.29. The van der Waals surface area contributed by atoms with Crippen LogP contribution in [0.15, 0.2) is 41.3 Å². The fourth-order valence-corrected chi connectivity index (χ4v) is 3.93. The van der Waals surface area contributed by atoms with Crippen molar-refractivity contribution in [1.29, 1.82) is 0 Å². The van der Waals surface area contributed by atoms with Crippen LogP contribution in [-0.4, -0.2) is 23.4 Å². The maximum Gasteiger partial charge on any atom is 0.263 e. The number of thiocarbonyl (C=S) groups is 1. The van der Waals surface area contributed by atoms with Crippen LogP contribution >= 0.6 is 35.6 Å². The van der Waals surface area contributed by atoms with Gasteiger partial charge in [0.25, 0.3) is 5.91 Å². The molecule has 0 radical (unpaired) electrons. The Labute approximate surface area is 179 Å². The van der Waals surface area contributed by atoms with Gasteiger partial charge in [0, 0.05) is 17.0 Å². The summed E-state index contributed by atoms with van der Waals surface area (Å²) >= 11 is 12.4. The molecule has 1 aliphatic heterocycles. The van der Waals surface area contributed by atoms with Crippen molar-refractivity contribution in [1.82, 2.24) is 5.32 Å². The van der Waals surface area contributed by atoms with E-state index in [-0.39, 0.29) is 5.91 Å². The highest BCUT2D eigenvalue weighted by atomic mass is 35.5. The second-order valence-corrected chi connectivity index (χ2v) is 8.51. The molecule has 28 heavy (non-hydrogen) atoms. The van der Waals surface area contributed by atoms with Crippen LogP contribution in [0.1, 0.15) is 23.1 Å². The van der Waals surface area contributed by atoms with Gasteiger partial charge in [0.15, 0.2) is 0 Å². The first-order valence-corrected chi connectivity index (χ1v) is 10.4. The van der Waals surface area contributed by atoms with Crippen LogP contribution < -0.4 is 14.8 Å². The number of aryl methyl sites for hydroxylation is 2. The van der Waals surface area contributed by atoms with Crippen LogP contribution in [0, 0.1) is 13.8 Å². The van der Waals surface area contributed by atoms with Gasteiger partial charge in [0.05, 0.1) is 18.1 Å². The Morgan fingerprint density at radius 1 is 1.11 bits per heavy atom. The third kappa shape index (κ3) is 5.50. The van der Waals surface area contributed by atoms with Gasteiger partial charge in [-0.1, -0.05) is 53.3 Å². The summed E-state index contributed by atoms with van der Waals surface area (Å²) in [5, 5.41) is 3.17. The number of benzene rings is 2. The summed E-state index contributed by atoms with van der Waals surface area (Å²) in [5.41, 5.74) is 3.08. The fraction of sp³-hybridized carbons (Fsp3) is 0.238. The molecule has 1 amide bonds. The van der Waals surface area contributed by atoms with Crippen LogP contribution in [0.3, 0.4) is 0 Å². The van der Waals surface area contributed by atoms with Crippen molar-refractivity contribution in [3.8, 4) is 11.5 Å². The molecule has 1 N–H and O–H groups in total. The molecule has 7 heteroatoms. The fourth-order valence-electron chi connectivity index (χ4n) is 2.71. The van der Waals surface area contributed by atoms with Gasteiger partial charge in [-0.3, -0.25) is 4.79 Å². The van der Waals surface area contributed by atoms with E-state index in [1.54, 1.807) is 24.3 Å². The Morgan fingerprint density at radius 3 is 2.50 bits per heavy atom. The number of amides is 1. The number of carbonyl (C=O) groups excluding carboxylic acids is 1. The van der Waals surface area contributed by atoms with Crippen molar-refractivity contribution in [2.75, 3.05) is 13.2 Å². The highest BCUT2D eigenvalue weighted by Gasteiger charge is 2.22. The highest BCUT2D eigenvalue weighted by Crippen LogP contribution is 2.31. The Kier molecular flexibility index (Phi) is 6.99. The lowest BCUT2D eigenvalue weighted by molar-refractivity contribution is -0.115. The summed E-state index contributed by atoms with van der Waals surface area (Å²) in [5.74, 6) is 1.35. The van der Waals surface area contributed by atoms with Crippen molar-refractivity contribution < 1.29 is 14.3 Å². The average Bonchev–Trinajstić information content (AvgIpc) is 2.95. The number of hydrogen-bond acceptors (Lipinski definition) is 5. The summed E-state index contributed by atoms with van der Waals surface area (Å²) in [6.45, 7) is 5.14. The van der Waals surface area contributed by atoms with Gasteiger partial charge in [-0.05, 0) is 49.8 Å². The molecule has 2 aromatic carbocycles. The van der Waals surface area contributed by atoms with E-state index in [2.05, 4.69) is 18.3 Å². The molecule has 0 spiro atoms. The SMILES string of the molecule is Cc1ccc(OCCCOc2ccc(Cl)cc2C=C2SC(=S)NC2=O)c(C)c1. The molecule has 4 nitrogen and oxygen atoms in total. The first-order chi connectivity index (χ1) is 13.4. The molecular weight excluding hydrogens is 414 g/mol. The van der Waals surface area contributed by atoms with Gasteiger partial charge < -0.3 is 14.8 Å². The van der Waals surface area contributed by atoms with E-state index in [9.17, 15) is 4.79 Å². The molecule has 3 rings (SSSR count). The Morgan fingerprint density at radius 2 is 1.82 bits per heavy atom. The molecule has 1 aliphatic rings. The molecular formula is C21H20ClNO3S2. The van der Waals surface area contributed by atoms with Gasteiger partial charge in [-0.15, -0.1) is 0 Å². The van der Waals surface area contributed by atoms with Gasteiger partial charge in [-0.25, -0.2) is 0 Å². The van der Waals surface area contributed by atoms with Gasteiger partial charge in [0.1, 0.15) is 15.8 Å². The van der Waals surface area contributed by atoms with Gasteiger partial charge in [-0.2, -0.15) is 0 Å². The standard InChI is InChI=1S/C21H20ClNO3S2/c1-13-4-6-17(14(2)10-13)25-8-3-9-26-18-7-5-16(22)11-15(18)12-19-20(24)23-21(27)28-19/h4-7,10-12H,3,8-9H2,1-2H3,(H,23,24,27). The Bertz CT molecular complexity index is 943. The quantitative estimate of drug-likeness (QED) is 0.365. The molecule has 1 saturated heterocycles. The van der Waals surface area contributed by atoms with E-state index in [0.717, 1.165) is 23.3 Å². The van der Waals surface area contributed by atoms with E-state index in [4.69, 9.17) is 33.3 Å². The minimum absolute atomic E-state index is 0.206. The summed E-state index contributed by atoms with van der Waals surface area (Å²) in [4.78, 5) is 12.4. The molecule has 0 bridgehead atoms. The van der Waals surface area contributed by atoms with E-state index in [1.165, 1.54) is 17.3 Å². The van der Waals surface area contributed by atoms with Gasteiger partial charge >= 0.3 is 0 Å². The molecule has 1 fully saturated rings. The lowest BCUT2D eigenvalue weighted by Gasteiger charge is -2.12. The van der Waals surface area contributed by atoms with Crippen LogP contribution in [0.2, 0.25) is 5.02 Å². The molecule has 0 aromatic heterocycles. The lowest BCUT2D eigenvalue weighted by Crippen LogP contribution is -2.17. The number of ether oxygens (including phenoxy) is 2. The lowest BCUT2D eigenvalue weighted by atomic mass is 10.1. The molecule has 1 heterocycles. The maximum atomic E-state index is 11.9. The molecule has 2 aromatic rings. The number of hydrogen-bond donors (Lipinski definition) is 1. The minimum Gasteiger partial charge on any atom is -0.493 e. The van der Waals surface area contributed by atoms with Crippen molar-refractivity contribution in [3.05, 3.63) is 63.0 Å². The summed E-state index contributed by atoms with van der Waals surface area (Å²) < 4.78 is 12.2. The van der Waals surface area contributed by atoms with Crippen LogP contribution in [0.25, 0.3) is 6.08 Å². The average molecular weight is 434 g/mol. The monoisotopic (exact) mass is 433 g/mol. The molecule has 0 aliphatic carbocycles. The third-order valence-corrected chi connectivity index (χ3v) is 5.43. The van der Waals surface area contributed by atoms with E-state index in [0.29, 0.717) is 33.2 Å². The number of nitrogens with one attached hydrogen (secondary N) is 1. The number of halogens is 1. The number of thioether (sulfide) groups is 1. The van der Waals surface area contributed by atoms with Crippen molar-refractivity contribution in [3.63, 3.8) is 0 Å². The first kappa shape index (κ1) is 20.7. The maximum absolute atomic E-state index is 11.9. The summed E-state index contributed by atoms with van der Waals surface area (Å²) in [6, 6.07) is 11.5. The zero-order valence-corrected chi connectivity index (χ0v) is 18.0. The zero-order chi connectivity index (χ0) is 20.1. The molecule has 0 saturated carbocycles. The van der Waals surface area contributed by atoms with E-state index >= 15 is 0 Å². The molecule has 146 valence electrons. The van der Waals surface area contributed by atoms with Crippen LogP contribution in [0.5, 0.6) is 11.5 Å². The first-order valence-electron chi connectivity index (χ1n) is 8.79. The van der Waals surface area contributed by atoms with Crippen molar-refractivity contribution >= 4 is 51.9 Å². The van der Waals surface area contributed by atoms with Crippen LogP contribution in [-0.2, 0) is 4.79 Å².